The van der Waals surface area contributed by atoms with Crippen molar-refractivity contribution >= 4 is 39.7 Å². The van der Waals surface area contributed by atoms with E-state index in [1.165, 1.54) is 10.8 Å². The number of halogens is 2. The third-order valence-corrected chi connectivity index (χ3v) is 5.08. The van der Waals surface area contributed by atoms with Crippen LogP contribution < -0.4 is 10.1 Å². The Balaban J connectivity index is 1.61. The van der Waals surface area contributed by atoms with Crippen LogP contribution in [0.4, 0.5) is 5.69 Å². The fraction of sp³-hybridized carbons (Fsp3) is 0.0833. The molecule has 0 amide bonds. The molecule has 0 atom stereocenters. The summed E-state index contributed by atoms with van der Waals surface area (Å²) in [5.74, 6) is 0.861. The van der Waals surface area contributed by atoms with E-state index in [1.807, 2.05) is 60.7 Å². The molecule has 4 heteroatoms. The molecule has 0 radical (unpaired) electrons. The van der Waals surface area contributed by atoms with Crippen molar-refractivity contribution in [1.29, 1.82) is 0 Å². The first-order chi connectivity index (χ1) is 13.7. The predicted octanol–water partition coefficient (Wildman–Crippen LogP) is 7.34. The summed E-state index contributed by atoms with van der Waals surface area (Å²) >= 11 is 12.1. The Kier molecular flexibility index (Phi) is 5.70. The number of benzene rings is 4. The maximum atomic E-state index is 6.17. The topological polar surface area (TPSA) is 21.3 Å². The van der Waals surface area contributed by atoms with Crippen molar-refractivity contribution in [2.24, 2.45) is 0 Å². The zero-order valence-electron chi connectivity index (χ0n) is 15.2. The van der Waals surface area contributed by atoms with E-state index in [0.29, 0.717) is 18.2 Å². The lowest BCUT2D eigenvalue weighted by molar-refractivity contribution is 0.304. The highest BCUT2D eigenvalue weighted by molar-refractivity contribution is 6.30. The summed E-state index contributed by atoms with van der Waals surface area (Å²) in [6.45, 7) is 1.11. The van der Waals surface area contributed by atoms with Gasteiger partial charge in [0, 0.05) is 27.8 Å². The molecule has 0 aliphatic heterocycles. The fourth-order valence-corrected chi connectivity index (χ4v) is 3.52. The number of rotatable bonds is 6. The average molecular weight is 408 g/mol. The second-order valence-corrected chi connectivity index (χ2v) is 7.42. The van der Waals surface area contributed by atoms with Gasteiger partial charge in [-0.3, -0.25) is 0 Å². The van der Waals surface area contributed by atoms with E-state index < -0.39 is 0 Å². The standard InChI is InChI=1S/C24H19Cl2NO/c25-19-9-11-21(12-10-19)27-15-23-22-7-2-1-5-18(22)8-13-24(23)28-16-17-4-3-6-20(26)14-17/h1-14,27H,15-16H2. The van der Waals surface area contributed by atoms with Crippen LogP contribution in [0.1, 0.15) is 11.1 Å². The SMILES string of the molecule is Clc1ccc(NCc2c(OCc3cccc(Cl)c3)ccc3ccccc23)cc1. The minimum atomic E-state index is 0.465. The maximum absolute atomic E-state index is 6.17. The first kappa shape index (κ1) is 18.7. The molecular weight excluding hydrogens is 389 g/mol. The van der Waals surface area contributed by atoms with Crippen LogP contribution in [0, 0.1) is 0 Å². The molecule has 0 aromatic heterocycles. The number of hydrogen-bond donors (Lipinski definition) is 1. The number of nitrogens with one attached hydrogen (secondary N) is 1. The van der Waals surface area contributed by atoms with Crippen molar-refractivity contribution in [2.45, 2.75) is 13.2 Å². The van der Waals surface area contributed by atoms with E-state index in [-0.39, 0.29) is 0 Å². The van der Waals surface area contributed by atoms with Crippen LogP contribution in [0.15, 0.2) is 84.9 Å². The van der Waals surface area contributed by atoms with Crippen LogP contribution >= 0.6 is 23.2 Å². The molecule has 0 heterocycles. The highest BCUT2D eigenvalue weighted by Gasteiger charge is 2.10. The van der Waals surface area contributed by atoms with Gasteiger partial charge < -0.3 is 10.1 Å². The second-order valence-electron chi connectivity index (χ2n) is 6.54. The summed E-state index contributed by atoms with van der Waals surface area (Å²) in [6, 6.07) is 27.9. The molecule has 0 aliphatic rings. The summed E-state index contributed by atoms with van der Waals surface area (Å²) in [7, 11) is 0. The Morgan fingerprint density at radius 3 is 2.39 bits per heavy atom. The Morgan fingerprint density at radius 1 is 0.750 bits per heavy atom. The van der Waals surface area contributed by atoms with Crippen LogP contribution in [0.5, 0.6) is 5.75 Å². The second kappa shape index (κ2) is 8.55. The minimum Gasteiger partial charge on any atom is -0.489 e. The van der Waals surface area contributed by atoms with Gasteiger partial charge in [-0.15, -0.1) is 0 Å². The van der Waals surface area contributed by atoms with Crippen LogP contribution in [0.2, 0.25) is 10.0 Å². The Labute approximate surface area is 174 Å². The van der Waals surface area contributed by atoms with Crippen molar-refractivity contribution in [2.75, 3.05) is 5.32 Å². The molecule has 4 aromatic rings. The minimum absolute atomic E-state index is 0.465. The fourth-order valence-electron chi connectivity index (χ4n) is 3.18. The van der Waals surface area contributed by atoms with E-state index in [4.69, 9.17) is 27.9 Å². The summed E-state index contributed by atoms with van der Waals surface area (Å²) in [6.07, 6.45) is 0. The molecule has 4 aromatic carbocycles. The maximum Gasteiger partial charge on any atom is 0.125 e. The lowest BCUT2D eigenvalue weighted by atomic mass is 10.0. The zero-order chi connectivity index (χ0) is 19.3. The van der Waals surface area contributed by atoms with Gasteiger partial charge in [0.15, 0.2) is 0 Å². The molecule has 2 nitrogen and oxygen atoms in total. The molecule has 1 N–H and O–H groups in total. The summed E-state index contributed by atoms with van der Waals surface area (Å²) in [5, 5.41) is 7.26. The van der Waals surface area contributed by atoms with Crippen LogP contribution in [-0.2, 0) is 13.2 Å². The molecule has 0 saturated heterocycles. The summed E-state index contributed by atoms with van der Waals surface area (Å²) in [5.41, 5.74) is 3.17. The predicted molar refractivity (Wildman–Crippen MR) is 119 cm³/mol. The van der Waals surface area contributed by atoms with Gasteiger partial charge in [-0.2, -0.15) is 0 Å². The molecule has 0 aliphatic carbocycles. The number of anilines is 1. The van der Waals surface area contributed by atoms with Gasteiger partial charge in [-0.25, -0.2) is 0 Å². The molecule has 0 saturated carbocycles. The van der Waals surface area contributed by atoms with Gasteiger partial charge in [0.2, 0.25) is 0 Å². The third-order valence-electron chi connectivity index (χ3n) is 4.59. The number of ether oxygens (including phenoxy) is 1. The first-order valence-corrected chi connectivity index (χ1v) is 9.82. The van der Waals surface area contributed by atoms with E-state index in [1.54, 1.807) is 0 Å². The van der Waals surface area contributed by atoms with Gasteiger partial charge >= 0.3 is 0 Å². The first-order valence-electron chi connectivity index (χ1n) is 9.06. The Morgan fingerprint density at radius 2 is 1.57 bits per heavy atom. The van der Waals surface area contributed by atoms with Gasteiger partial charge in [-0.05, 0) is 58.8 Å². The highest BCUT2D eigenvalue weighted by Crippen LogP contribution is 2.30. The molecule has 0 bridgehead atoms. The molecule has 28 heavy (non-hydrogen) atoms. The van der Waals surface area contributed by atoms with E-state index in [0.717, 1.165) is 27.6 Å². The van der Waals surface area contributed by atoms with Crippen molar-refractivity contribution in [1.82, 2.24) is 0 Å². The van der Waals surface area contributed by atoms with Gasteiger partial charge in [0.05, 0.1) is 0 Å². The molecule has 4 rings (SSSR count). The smallest absolute Gasteiger partial charge is 0.125 e. The molecule has 0 spiro atoms. The van der Waals surface area contributed by atoms with Gasteiger partial charge in [0.25, 0.3) is 0 Å². The normalized spacial score (nSPS) is 10.8. The highest BCUT2D eigenvalue weighted by atomic mass is 35.5. The van der Waals surface area contributed by atoms with Crippen LogP contribution in [0.3, 0.4) is 0 Å². The molecule has 140 valence electrons. The van der Waals surface area contributed by atoms with E-state index in [9.17, 15) is 0 Å². The average Bonchev–Trinajstić information content (AvgIpc) is 2.72. The number of fused-ring (bicyclic) bond motifs is 1. The Hall–Kier alpha value is -2.68. The van der Waals surface area contributed by atoms with Crippen molar-refractivity contribution in [3.05, 3.63) is 106 Å². The van der Waals surface area contributed by atoms with Crippen molar-refractivity contribution in [3.8, 4) is 5.75 Å². The largest absolute Gasteiger partial charge is 0.489 e. The molecule has 0 unspecified atom stereocenters. The molecule has 0 fully saturated rings. The zero-order valence-corrected chi connectivity index (χ0v) is 16.7. The monoisotopic (exact) mass is 407 g/mol. The third kappa shape index (κ3) is 4.41. The lowest BCUT2D eigenvalue weighted by Crippen LogP contribution is -2.04. The van der Waals surface area contributed by atoms with E-state index >= 15 is 0 Å². The molecular formula is C24H19Cl2NO. The van der Waals surface area contributed by atoms with Crippen molar-refractivity contribution < 1.29 is 4.74 Å². The van der Waals surface area contributed by atoms with E-state index in [2.05, 4.69) is 29.6 Å². The summed E-state index contributed by atoms with van der Waals surface area (Å²) in [4.78, 5) is 0. The van der Waals surface area contributed by atoms with Crippen LogP contribution in [-0.4, -0.2) is 0 Å². The lowest BCUT2D eigenvalue weighted by Gasteiger charge is -2.16. The van der Waals surface area contributed by atoms with Crippen LogP contribution in [0.25, 0.3) is 10.8 Å². The van der Waals surface area contributed by atoms with Gasteiger partial charge in [-0.1, -0.05) is 65.7 Å². The van der Waals surface area contributed by atoms with Crippen molar-refractivity contribution in [3.63, 3.8) is 0 Å². The Bertz CT molecular complexity index is 1090. The number of hydrogen-bond acceptors (Lipinski definition) is 2. The quantitative estimate of drug-likeness (QED) is 0.360. The van der Waals surface area contributed by atoms with Gasteiger partial charge in [0.1, 0.15) is 12.4 Å². The summed E-state index contributed by atoms with van der Waals surface area (Å²) < 4.78 is 6.17.